The molecule has 2 rings (SSSR count). The van der Waals surface area contributed by atoms with Crippen molar-refractivity contribution >= 4 is 22.4 Å². The van der Waals surface area contributed by atoms with E-state index in [9.17, 15) is 21.6 Å². The summed E-state index contributed by atoms with van der Waals surface area (Å²) in [7, 11) is -4.31. The molecule has 0 amide bonds. The van der Waals surface area contributed by atoms with Crippen LogP contribution in [0, 0.1) is 0 Å². The maximum atomic E-state index is 13.2. The van der Waals surface area contributed by atoms with E-state index in [0.29, 0.717) is 6.42 Å². The Hall–Kier alpha value is -1.61. The Morgan fingerprint density at radius 3 is 2.08 bits per heavy atom. The molecule has 0 aliphatic carbocycles. The van der Waals surface area contributed by atoms with Crippen molar-refractivity contribution in [1.82, 2.24) is 4.31 Å². The molecule has 0 saturated heterocycles. The summed E-state index contributed by atoms with van der Waals surface area (Å²) in [6.07, 6.45) is -4.37. The molecule has 0 heterocycles. The Morgan fingerprint density at radius 2 is 1.50 bits per heavy atom. The smallest absolute Gasteiger partial charge is 0.329 e. The fraction of sp³-hybridized carbons (Fsp3) is 0.294. The topological polar surface area (TPSA) is 63.4 Å². The minimum atomic E-state index is -4.75. The Bertz CT molecular complexity index is 799. The van der Waals surface area contributed by atoms with E-state index in [2.05, 4.69) is 0 Å². The molecule has 2 N–H and O–H groups in total. The van der Waals surface area contributed by atoms with Crippen LogP contribution in [0.2, 0.25) is 0 Å². The first-order valence-electron chi connectivity index (χ1n) is 7.67. The molecule has 2 aromatic rings. The van der Waals surface area contributed by atoms with Crippen molar-refractivity contribution in [1.29, 1.82) is 0 Å². The van der Waals surface area contributed by atoms with Gasteiger partial charge >= 0.3 is 6.18 Å². The average molecular weight is 409 g/mol. The van der Waals surface area contributed by atoms with Gasteiger partial charge in [-0.1, -0.05) is 42.5 Å². The molecule has 0 aromatic heterocycles. The largest absolute Gasteiger partial charge is 0.417 e. The zero-order chi connectivity index (χ0) is 18.5. The molecule has 0 aliphatic heterocycles. The predicted octanol–water partition coefficient (Wildman–Crippen LogP) is 3.32. The van der Waals surface area contributed by atoms with Crippen LogP contribution < -0.4 is 5.73 Å². The van der Waals surface area contributed by atoms with Crippen LogP contribution in [-0.2, 0) is 22.6 Å². The number of rotatable bonds is 7. The van der Waals surface area contributed by atoms with Crippen molar-refractivity contribution in [3.05, 3.63) is 65.7 Å². The van der Waals surface area contributed by atoms with Gasteiger partial charge < -0.3 is 5.73 Å². The van der Waals surface area contributed by atoms with Gasteiger partial charge in [-0.25, -0.2) is 8.42 Å². The molecule has 0 atom stereocenters. The normalized spacial score (nSPS) is 12.0. The van der Waals surface area contributed by atoms with Gasteiger partial charge in [0.25, 0.3) is 0 Å². The molecule has 9 heteroatoms. The summed E-state index contributed by atoms with van der Waals surface area (Å²) in [5, 5.41) is 0. The van der Waals surface area contributed by atoms with Gasteiger partial charge in [0.1, 0.15) is 0 Å². The summed E-state index contributed by atoms with van der Waals surface area (Å²) >= 11 is 0. The molecule has 4 nitrogen and oxygen atoms in total. The number of benzene rings is 2. The van der Waals surface area contributed by atoms with Crippen LogP contribution in [-0.4, -0.2) is 32.4 Å². The van der Waals surface area contributed by atoms with Crippen LogP contribution in [0.1, 0.15) is 11.1 Å². The van der Waals surface area contributed by atoms with E-state index in [1.54, 1.807) is 0 Å². The van der Waals surface area contributed by atoms with E-state index in [0.717, 1.165) is 22.0 Å². The first-order valence-corrected chi connectivity index (χ1v) is 9.11. The maximum Gasteiger partial charge on any atom is 0.417 e. The second-order valence-corrected chi connectivity index (χ2v) is 7.33. The van der Waals surface area contributed by atoms with Crippen molar-refractivity contribution in [2.75, 3.05) is 19.6 Å². The van der Waals surface area contributed by atoms with Crippen molar-refractivity contribution < 1.29 is 21.6 Å². The number of nitrogens with two attached hydrogens (primary N) is 1. The van der Waals surface area contributed by atoms with Crippen molar-refractivity contribution in [2.24, 2.45) is 5.73 Å². The van der Waals surface area contributed by atoms with E-state index >= 15 is 0 Å². The Morgan fingerprint density at radius 1 is 0.923 bits per heavy atom. The lowest BCUT2D eigenvalue weighted by Crippen LogP contribution is -2.37. The first kappa shape index (κ1) is 22.4. The molecule has 0 saturated carbocycles. The van der Waals surface area contributed by atoms with Crippen LogP contribution in [0.5, 0.6) is 0 Å². The maximum absolute atomic E-state index is 13.2. The summed E-state index contributed by atoms with van der Waals surface area (Å²) in [4.78, 5) is -0.746. The van der Waals surface area contributed by atoms with E-state index in [-0.39, 0.29) is 32.0 Å². The van der Waals surface area contributed by atoms with E-state index < -0.39 is 26.7 Å². The minimum Gasteiger partial charge on any atom is -0.329 e. The Balaban J connectivity index is 0.00000338. The number of nitrogens with zero attached hydrogens (tertiary/aromatic N) is 1. The molecular formula is C17H20ClF3N2O2S. The minimum absolute atomic E-state index is 0. The number of alkyl halides is 3. The molecule has 2 aromatic carbocycles. The zero-order valence-corrected chi connectivity index (χ0v) is 15.4. The summed E-state index contributed by atoms with van der Waals surface area (Å²) < 4.78 is 66.1. The highest BCUT2D eigenvalue weighted by Gasteiger charge is 2.38. The summed E-state index contributed by atoms with van der Waals surface area (Å²) in [6, 6.07) is 13.3. The predicted molar refractivity (Wildman–Crippen MR) is 96.7 cm³/mol. The van der Waals surface area contributed by atoms with Gasteiger partial charge in [-0.2, -0.15) is 17.5 Å². The molecule has 0 spiro atoms. The Labute approximate surface area is 157 Å². The fourth-order valence-corrected chi connectivity index (χ4v) is 4.13. The number of halogens is 4. The number of hydrogen-bond acceptors (Lipinski definition) is 3. The fourth-order valence-electron chi connectivity index (χ4n) is 2.46. The van der Waals surface area contributed by atoms with Gasteiger partial charge in [0.15, 0.2) is 0 Å². The summed E-state index contributed by atoms with van der Waals surface area (Å²) in [5.74, 6) is 0. The number of sulfonamides is 1. The lowest BCUT2D eigenvalue weighted by atomic mass is 10.1. The second kappa shape index (κ2) is 9.36. The van der Waals surface area contributed by atoms with E-state index in [4.69, 9.17) is 5.73 Å². The molecule has 144 valence electrons. The third-order valence-corrected chi connectivity index (χ3v) is 5.64. The third-order valence-electron chi connectivity index (χ3n) is 3.68. The third kappa shape index (κ3) is 5.44. The van der Waals surface area contributed by atoms with Gasteiger partial charge in [0.05, 0.1) is 10.5 Å². The van der Waals surface area contributed by atoms with Crippen LogP contribution in [0.25, 0.3) is 0 Å². The highest BCUT2D eigenvalue weighted by atomic mass is 35.5. The van der Waals surface area contributed by atoms with Gasteiger partial charge in [0, 0.05) is 19.6 Å². The van der Waals surface area contributed by atoms with E-state index in [1.807, 2.05) is 30.3 Å². The highest BCUT2D eigenvalue weighted by molar-refractivity contribution is 7.89. The monoisotopic (exact) mass is 408 g/mol. The summed E-state index contributed by atoms with van der Waals surface area (Å²) in [6.45, 7) is 0.0132. The van der Waals surface area contributed by atoms with Gasteiger partial charge in [0.2, 0.25) is 10.0 Å². The quantitative estimate of drug-likeness (QED) is 0.764. The molecular weight excluding hydrogens is 389 g/mol. The highest BCUT2D eigenvalue weighted by Crippen LogP contribution is 2.35. The summed E-state index contributed by atoms with van der Waals surface area (Å²) in [5.41, 5.74) is 5.19. The lowest BCUT2D eigenvalue weighted by Gasteiger charge is -2.23. The van der Waals surface area contributed by atoms with Crippen LogP contribution in [0.3, 0.4) is 0 Å². The van der Waals surface area contributed by atoms with Crippen molar-refractivity contribution in [2.45, 2.75) is 17.5 Å². The Kier molecular flexibility index (Phi) is 8.08. The molecule has 0 aliphatic rings. The number of hydrogen-bond donors (Lipinski definition) is 1. The van der Waals surface area contributed by atoms with Crippen molar-refractivity contribution in [3.63, 3.8) is 0 Å². The molecule has 0 bridgehead atoms. The van der Waals surface area contributed by atoms with Crippen LogP contribution >= 0.6 is 12.4 Å². The van der Waals surface area contributed by atoms with Crippen LogP contribution in [0.4, 0.5) is 13.2 Å². The lowest BCUT2D eigenvalue weighted by molar-refractivity contribution is -0.139. The molecule has 0 radical (unpaired) electrons. The van der Waals surface area contributed by atoms with Gasteiger partial charge in [-0.3, -0.25) is 0 Å². The average Bonchev–Trinajstić information content (AvgIpc) is 2.58. The first-order chi connectivity index (χ1) is 11.8. The van der Waals surface area contributed by atoms with Gasteiger partial charge in [-0.15, -0.1) is 12.4 Å². The van der Waals surface area contributed by atoms with Gasteiger partial charge in [-0.05, 0) is 24.1 Å². The van der Waals surface area contributed by atoms with Crippen molar-refractivity contribution in [3.8, 4) is 0 Å². The molecule has 0 fully saturated rings. The SMILES string of the molecule is Cl.NCCN(CCc1ccccc1)S(=O)(=O)c1ccccc1C(F)(F)F. The zero-order valence-electron chi connectivity index (χ0n) is 13.8. The second-order valence-electron chi connectivity index (χ2n) is 5.42. The molecule has 0 unspecified atom stereocenters. The van der Waals surface area contributed by atoms with E-state index in [1.165, 1.54) is 12.1 Å². The molecule has 26 heavy (non-hydrogen) atoms. The van der Waals surface area contributed by atoms with Crippen LogP contribution in [0.15, 0.2) is 59.5 Å². The standard InChI is InChI=1S/C17H19F3N2O2S.ClH/c18-17(19,20)15-8-4-5-9-16(15)25(23,24)22(13-11-21)12-10-14-6-2-1-3-7-14;/h1-9H,10-13,21H2;1H.